The van der Waals surface area contributed by atoms with Crippen LogP contribution in [0.25, 0.3) is 0 Å². The van der Waals surface area contributed by atoms with Gasteiger partial charge in [0.1, 0.15) is 11.9 Å². The topological polar surface area (TPSA) is 112 Å². The molecule has 0 bridgehead atoms. The molecule has 4 heterocycles. The Morgan fingerprint density at radius 1 is 1.15 bits per heavy atom. The lowest BCUT2D eigenvalue weighted by Gasteiger charge is -2.25. The van der Waals surface area contributed by atoms with E-state index in [1.54, 1.807) is 0 Å². The van der Waals surface area contributed by atoms with E-state index in [2.05, 4.69) is 31.9 Å². The summed E-state index contributed by atoms with van der Waals surface area (Å²) in [5.41, 5.74) is 3.80. The van der Waals surface area contributed by atoms with Crippen LogP contribution < -0.4 is 15.5 Å². The van der Waals surface area contributed by atoms with Crippen molar-refractivity contribution >= 4 is 29.2 Å². The highest BCUT2D eigenvalue weighted by atomic mass is 19.1. The molecule has 6 rings (SSSR count). The van der Waals surface area contributed by atoms with Crippen molar-refractivity contribution < 1.29 is 9.18 Å². The highest BCUT2D eigenvalue weighted by molar-refractivity contribution is 5.96. The van der Waals surface area contributed by atoms with E-state index in [-0.39, 0.29) is 5.91 Å². The lowest BCUT2D eigenvalue weighted by Crippen LogP contribution is -2.40. The van der Waals surface area contributed by atoms with E-state index < -0.39 is 12.0 Å². The van der Waals surface area contributed by atoms with Gasteiger partial charge >= 0.3 is 0 Å². The second-order valence-electron chi connectivity index (χ2n) is 8.97. The molecule has 0 aromatic carbocycles. The van der Waals surface area contributed by atoms with Crippen LogP contribution in [0.5, 0.6) is 0 Å². The first-order valence-electron chi connectivity index (χ1n) is 11.6. The molecule has 2 fully saturated rings. The molecule has 1 saturated carbocycles. The van der Waals surface area contributed by atoms with Gasteiger partial charge in [-0.25, -0.2) is 9.97 Å². The lowest BCUT2D eigenvalue weighted by atomic mass is 10.2. The van der Waals surface area contributed by atoms with Crippen LogP contribution in [0.3, 0.4) is 0 Å². The molecule has 3 aromatic heterocycles. The summed E-state index contributed by atoms with van der Waals surface area (Å²) >= 11 is 0. The summed E-state index contributed by atoms with van der Waals surface area (Å²) in [7, 11) is 0. The maximum absolute atomic E-state index is 13.1. The molecule has 0 radical (unpaired) electrons. The van der Waals surface area contributed by atoms with E-state index in [1.807, 2.05) is 4.90 Å². The third kappa shape index (κ3) is 4.01. The normalized spacial score (nSPS) is 19.5. The van der Waals surface area contributed by atoms with E-state index in [0.29, 0.717) is 30.5 Å². The van der Waals surface area contributed by atoms with E-state index in [4.69, 9.17) is 9.97 Å². The van der Waals surface area contributed by atoms with Crippen LogP contribution in [-0.2, 0) is 17.6 Å². The number of aromatic amines is 1. The number of aryl methyl sites for hydroxylation is 1. The standard InChI is InChI=1S/C23H25FN8O/c24-19-9-8-14(12-25-19)26-22(33)18-5-2-10-32(18)23-27-16-4-1-3-15(16)21(29-23)28-20-11-17(30-31-20)13-6-7-13/h8-9,11-13,18H,1-7,10H2,(H,26,33)(H2,27,28,29,30,31). The number of amides is 1. The second kappa shape index (κ2) is 8.09. The van der Waals surface area contributed by atoms with E-state index in [0.717, 1.165) is 54.3 Å². The van der Waals surface area contributed by atoms with Crippen LogP contribution >= 0.6 is 0 Å². The summed E-state index contributed by atoms with van der Waals surface area (Å²) in [6.07, 6.45) is 8.18. The van der Waals surface area contributed by atoms with Crippen LogP contribution in [0.4, 0.5) is 27.7 Å². The molecule has 1 atom stereocenters. The number of hydrogen-bond acceptors (Lipinski definition) is 7. The summed E-state index contributed by atoms with van der Waals surface area (Å²) in [6, 6.07) is 4.40. The maximum Gasteiger partial charge on any atom is 0.247 e. The number of carbonyl (C=O) groups excluding carboxylic acids is 1. The van der Waals surface area contributed by atoms with E-state index >= 15 is 0 Å². The molecule has 10 heteroatoms. The Bertz CT molecular complexity index is 1190. The number of H-pyrrole nitrogens is 1. The van der Waals surface area contributed by atoms with Gasteiger partial charge in [-0.15, -0.1) is 0 Å². The Morgan fingerprint density at radius 2 is 2.06 bits per heavy atom. The van der Waals surface area contributed by atoms with Crippen LogP contribution in [0.15, 0.2) is 24.4 Å². The molecule has 0 spiro atoms. The highest BCUT2D eigenvalue weighted by Gasteiger charge is 2.34. The number of anilines is 4. The van der Waals surface area contributed by atoms with Gasteiger partial charge in [-0.3, -0.25) is 9.89 Å². The molecule has 3 aliphatic rings. The number of pyridine rings is 1. The van der Waals surface area contributed by atoms with Gasteiger partial charge in [0.2, 0.25) is 17.8 Å². The van der Waals surface area contributed by atoms with Crippen LogP contribution in [0.2, 0.25) is 0 Å². The Morgan fingerprint density at radius 3 is 2.88 bits per heavy atom. The fraction of sp³-hybridized carbons (Fsp3) is 0.435. The molecule has 1 saturated heterocycles. The number of rotatable bonds is 6. The molecule has 1 unspecified atom stereocenters. The molecule has 33 heavy (non-hydrogen) atoms. The molecule has 1 amide bonds. The molecule has 3 N–H and O–H groups in total. The minimum Gasteiger partial charge on any atom is -0.329 e. The largest absolute Gasteiger partial charge is 0.329 e. The zero-order valence-corrected chi connectivity index (χ0v) is 18.1. The molecule has 9 nitrogen and oxygen atoms in total. The van der Waals surface area contributed by atoms with Crippen molar-refractivity contribution in [3.63, 3.8) is 0 Å². The minimum atomic E-state index is -0.580. The quantitative estimate of drug-likeness (QED) is 0.495. The Balaban J connectivity index is 1.25. The van der Waals surface area contributed by atoms with E-state index in [1.165, 1.54) is 31.2 Å². The van der Waals surface area contributed by atoms with Gasteiger partial charge in [0.25, 0.3) is 0 Å². The fourth-order valence-corrected chi connectivity index (χ4v) is 4.73. The van der Waals surface area contributed by atoms with E-state index in [9.17, 15) is 9.18 Å². The first-order chi connectivity index (χ1) is 16.1. The predicted octanol–water partition coefficient (Wildman–Crippen LogP) is 3.45. The Hall–Kier alpha value is -3.56. The number of carbonyl (C=O) groups is 1. The van der Waals surface area contributed by atoms with Gasteiger partial charge in [0, 0.05) is 29.8 Å². The average molecular weight is 449 g/mol. The number of halogens is 1. The predicted molar refractivity (Wildman–Crippen MR) is 121 cm³/mol. The van der Waals surface area contributed by atoms with Crippen molar-refractivity contribution in [1.82, 2.24) is 25.1 Å². The molecular weight excluding hydrogens is 423 g/mol. The first kappa shape index (κ1) is 20.1. The van der Waals surface area contributed by atoms with Crippen molar-refractivity contribution in [2.24, 2.45) is 0 Å². The SMILES string of the molecule is O=C(Nc1ccc(F)nc1)C1CCCN1c1nc2c(c(Nc3cc(C4CC4)[nH]n3)n1)CCC2. The molecular formula is C23H25FN8O. The van der Waals surface area contributed by atoms with Gasteiger partial charge in [-0.2, -0.15) is 14.5 Å². The van der Waals surface area contributed by atoms with Gasteiger partial charge in [0.15, 0.2) is 5.82 Å². The number of aromatic nitrogens is 5. The summed E-state index contributed by atoms with van der Waals surface area (Å²) in [6.45, 7) is 0.701. The number of hydrogen-bond donors (Lipinski definition) is 3. The molecule has 2 aliphatic carbocycles. The third-order valence-corrected chi connectivity index (χ3v) is 6.59. The summed E-state index contributed by atoms with van der Waals surface area (Å²) in [5.74, 6) is 1.94. The number of nitrogens with zero attached hydrogens (tertiary/aromatic N) is 5. The van der Waals surface area contributed by atoms with Gasteiger partial charge in [-0.05, 0) is 57.1 Å². The van der Waals surface area contributed by atoms with Gasteiger partial charge in [0.05, 0.1) is 17.6 Å². The monoisotopic (exact) mass is 448 g/mol. The van der Waals surface area contributed by atoms with Crippen molar-refractivity contribution in [3.05, 3.63) is 47.3 Å². The minimum absolute atomic E-state index is 0.166. The number of fused-ring (bicyclic) bond motifs is 1. The Labute approximate surface area is 190 Å². The molecule has 3 aromatic rings. The van der Waals surface area contributed by atoms with Gasteiger partial charge in [-0.1, -0.05) is 0 Å². The Kier molecular flexibility index (Phi) is 4.92. The lowest BCUT2D eigenvalue weighted by molar-refractivity contribution is -0.117. The van der Waals surface area contributed by atoms with Crippen molar-refractivity contribution in [2.75, 3.05) is 22.1 Å². The highest BCUT2D eigenvalue weighted by Crippen LogP contribution is 2.40. The molecule has 1 aliphatic heterocycles. The zero-order valence-electron chi connectivity index (χ0n) is 18.1. The van der Waals surface area contributed by atoms with Crippen molar-refractivity contribution in [3.8, 4) is 0 Å². The average Bonchev–Trinajstić information content (AvgIpc) is 3.20. The summed E-state index contributed by atoms with van der Waals surface area (Å²) in [4.78, 5) is 28.3. The second-order valence-corrected chi connectivity index (χ2v) is 8.97. The van der Waals surface area contributed by atoms with Crippen LogP contribution in [0, 0.1) is 5.95 Å². The third-order valence-electron chi connectivity index (χ3n) is 6.59. The van der Waals surface area contributed by atoms with Crippen LogP contribution in [-0.4, -0.2) is 43.6 Å². The molecule has 170 valence electrons. The van der Waals surface area contributed by atoms with Gasteiger partial charge < -0.3 is 15.5 Å². The summed E-state index contributed by atoms with van der Waals surface area (Å²) in [5, 5.41) is 13.8. The summed E-state index contributed by atoms with van der Waals surface area (Å²) < 4.78 is 13.1. The maximum atomic E-state index is 13.1. The van der Waals surface area contributed by atoms with Crippen LogP contribution in [0.1, 0.15) is 55.0 Å². The fourth-order valence-electron chi connectivity index (χ4n) is 4.73. The van der Waals surface area contributed by atoms with Crippen molar-refractivity contribution in [2.45, 2.75) is 56.9 Å². The smallest absolute Gasteiger partial charge is 0.247 e. The zero-order chi connectivity index (χ0) is 22.4. The van der Waals surface area contributed by atoms with Crippen molar-refractivity contribution in [1.29, 1.82) is 0 Å². The first-order valence-corrected chi connectivity index (χ1v) is 11.6. The number of nitrogens with one attached hydrogen (secondary N) is 3.